The summed E-state index contributed by atoms with van der Waals surface area (Å²) in [5.74, 6) is -2.47. The fourth-order valence-corrected chi connectivity index (χ4v) is 1.63. The van der Waals surface area contributed by atoms with Gasteiger partial charge >= 0.3 is 0 Å². The summed E-state index contributed by atoms with van der Waals surface area (Å²) in [5.41, 5.74) is -0.275. The second-order valence-electron chi connectivity index (χ2n) is 3.13. The number of aromatic nitrogens is 2. The zero-order valence-electron chi connectivity index (χ0n) is 7.98. The fraction of sp³-hybridized carbons (Fsp3) is 0.100. The average Bonchev–Trinajstić information content (AvgIpc) is 2.55. The Morgan fingerprint density at radius 2 is 2.06 bits per heavy atom. The maximum absolute atomic E-state index is 13.4. The van der Waals surface area contributed by atoms with E-state index in [1.165, 1.54) is 6.08 Å². The smallest absolute Gasteiger partial charge is 0.290 e. The second kappa shape index (κ2) is 3.83. The summed E-state index contributed by atoms with van der Waals surface area (Å²) in [6.07, 6.45) is 0.509. The van der Waals surface area contributed by atoms with Crippen molar-refractivity contribution in [1.82, 2.24) is 9.55 Å². The maximum Gasteiger partial charge on any atom is 0.290 e. The van der Waals surface area contributed by atoms with E-state index in [4.69, 9.17) is 11.6 Å². The summed E-state index contributed by atoms with van der Waals surface area (Å²) in [7, 11) is 0. The Kier molecular flexibility index (Phi) is 2.63. The van der Waals surface area contributed by atoms with E-state index in [9.17, 15) is 13.2 Å². The van der Waals surface area contributed by atoms with Gasteiger partial charge in [-0.05, 0) is 6.07 Å². The van der Waals surface area contributed by atoms with Crippen molar-refractivity contribution in [3.05, 3.63) is 41.5 Å². The third-order valence-electron chi connectivity index (χ3n) is 2.15. The van der Waals surface area contributed by atoms with E-state index in [0.717, 1.165) is 10.6 Å². The van der Waals surface area contributed by atoms with Gasteiger partial charge in [0.2, 0.25) is 0 Å². The molecule has 0 bridgehead atoms. The lowest BCUT2D eigenvalue weighted by Crippen LogP contribution is -1.98. The van der Waals surface area contributed by atoms with E-state index >= 15 is 0 Å². The average molecular weight is 247 g/mol. The molecule has 0 aliphatic carbocycles. The van der Waals surface area contributed by atoms with Crippen LogP contribution in [-0.2, 0) is 6.54 Å². The van der Waals surface area contributed by atoms with Crippen LogP contribution in [0.4, 0.5) is 13.2 Å². The molecule has 2 aromatic rings. The van der Waals surface area contributed by atoms with Crippen LogP contribution in [0.15, 0.2) is 18.7 Å². The maximum atomic E-state index is 13.4. The molecule has 0 amide bonds. The molecule has 0 aliphatic rings. The number of hydrogen-bond acceptors (Lipinski definition) is 1. The first kappa shape index (κ1) is 11.0. The lowest BCUT2D eigenvalue weighted by Gasteiger charge is -2.01. The highest BCUT2D eigenvalue weighted by molar-refractivity contribution is 6.31. The fourth-order valence-electron chi connectivity index (χ4n) is 1.44. The number of hydrogen-bond donors (Lipinski definition) is 0. The highest BCUT2D eigenvalue weighted by atomic mass is 35.5. The lowest BCUT2D eigenvalue weighted by atomic mass is 10.3. The Bertz CT molecular complexity index is 577. The predicted molar refractivity (Wildman–Crippen MR) is 54.8 cm³/mol. The summed E-state index contributed by atoms with van der Waals surface area (Å²) in [5, 5.41) is -0.407. The van der Waals surface area contributed by atoms with Gasteiger partial charge in [-0.3, -0.25) is 4.57 Å². The molecule has 0 radical (unpaired) electrons. The SMILES string of the molecule is C=CCn1c(F)nc2c(F)c(F)c(Cl)cc21. The Hall–Kier alpha value is -1.49. The van der Waals surface area contributed by atoms with Crippen LogP contribution in [0.1, 0.15) is 0 Å². The van der Waals surface area contributed by atoms with Crippen molar-refractivity contribution in [3.8, 4) is 0 Å². The van der Waals surface area contributed by atoms with Crippen LogP contribution >= 0.6 is 11.6 Å². The summed E-state index contributed by atoms with van der Waals surface area (Å²) < 4.78 is 40.8. The molecule has 0 atom stereocenters. The predicted octanol–water partition coefficient (Wildman–Crippen LogP) is 3.29. The molecule has 0 aliphatic heterocycles. The highest BCUT2D eigenvalue weighted by Crippen LogP contribution is 2.27. The van der Waals surface area contributed by atoms with Gasteiger partial charge in [-0.2, -0.15) is 9.37 Å². The molecule has 6 heteroatoms. The summed E-state index contributed by atoms with van der Waals surface area (Å²) in [4.78, 5) is 3.31. The summed E-state index contributed by atoms with van der Waals surface area (Å²) in [6.45, 7) is 3.53. The number of halogens is 4. The van der Waals surface area contributed by atoms with Crippen molar-refractivity contribution in [2.75, 3.05) is 0 Å². The zero-order valence-corrected chi connectivity index (χ0v) is 8.73. The number of benzene rings is 1. The normalized spacial score (nSPS) is 11.0. The van der Waals surface area contributed by atoms with Gasteiger partial charge in [0.1, 0.15) is 5.52 Å². The first-order valence-corrected chi connectivity index (χ1v) is 4.74. The number of rotatable bonds is 2. The van der Waals surface area contributed by atoms with Crippen LogP contribution in [-0.4, -0.2) is 9.55 Å². The summed E-state index contributed by atoms with van der Waals surface area (Å²) >= 11 is 5.47. The quantitative estimate of drug-likeness (QED) is 0.587. The molecular weight excluding hydrogens is 241 g/mol. The van der Waals surface area contributed by atoms with Gasteiger partial charge < -0.3 is 0 Å². The number of allylic oxidation sites excluding steroid dienone is 1. The molecular formula is C10H6ClF3N2. The molecule has 0 saturated heterocycles. The molecule has 2 rings (SSSR count). The van der Waals surface area contributed by atoms with Crippen molar-refractivity contribution in [2.45, 2.75) is 6.54 Å². The standard InChI is InChI=1S/C10H6ClF3N2/c1-2-3-16-6-4-5(11)7(12)8(13)9(6)15-10(16)14/h2,4H,1,3H2. The van der Waals surface area contributed by atoms with Crippen LogP contribution in [0.3, 0.4) is 0 Å². The van der Waals surface area contributed by atoms with Crippen LogP contribution < -0.4 is 0 Å². The second-order valence-corrected chi connectivity index (χ2v) is 3.54. The van der Waals surface area contributed by atoms with E-state index in [2.05, 4.69) is 11.6 Å². The van der Waals surface area contributed by atoms with Crippen molar-refractivity contribution in [2.24, 2.45) is 0 Å². The first-order chi connectivity index (χ1) is 7.56. The minimum absolute atomic E-state index is 0.0984. The molecule has 0 unspecified atom stereocenters. The molecule has 1 aromatic heterocycles. The molecule has 0 spiro atoms. The molecule has 0 saturated carbocycles. The first-order valence-electron chi connectivity index (χ1n) is 4.36. The number of imidazole rings is 1. The monoisotopic (exact) mass is 246 g/mol. The third kappa shape index (κ3) is 1.48. The van der Waals surface area contributed by atoms with Crippen molar-refractivity contribution in [3.63, 3.8) is 0 Å². The van der Waals surface area contributed by atoms with Gasteiger partial charge in [0, 0.05) is 6.54 Å². The Morgan fingerprint density at radius 3 is 2.69 bits per heavy atom. The number of nitrogens with zero attached hydrogens (tertiary/aromatic N) is 2. The Labute approximate surface area is 94.0 Å². The largest absolute Gasteiger partial charge is 0.296 e. The number of fused-ring (bicyclic) bond motifs is 1. The molecule has 0 fully saturated rings. The van der Waals surface area contributed by atoms with E-state index < -0.39 is 22.7 Å². The van der Waals surface area contributed by atoms with Crippen LogP contribution in [0, 0.1) is 17.7 Å². The van der Waals surface area contributed by atoms with E-state index in [1.807, 2.05) is 0 Å². The minimum atomic E-state index is -1.25. The molecule has 0 N–H and O–H groups in total. The van der Waals surface area contributed by atoms with Gasteiger partial charge in [-0.15, -0.1) is 6.58 Å². The zero-order chi connectivity index (χ0) is 11.9. The van der Waals surface area contributed by atoms with E-state index in [-0.39, 0.29) is 17.6 Å². The molecule has 1 heterocycles. The van der Waals surface area contributed by atoms with Gasteiger partial charge in [0.05, 0.1) is 10.5 Å². The molecule has 84 valence electrons. The van der Waals surface area contributed by atoms with Gasteiger partial charge in [0.25, 0.3) is 6.08 Å². The van der Waals surface area contributed by atoms with Crippen LogP contribution in [0.2, 0.25) is 5.02 Å². The Balaban J connectivity index is 2.85. The van der Waals surface area contributed by atoms with Crippen molar-refractivity contribution in [1.29, 1.82) is 0 Å². The van der Waals surface area contributed by atoms with Gasteiger partial charge in [-0.25, -0.2) is 8.78 Å². The third-order valence-corrected chi connectivity index (χ3v) is 2.42. The van der Waals surface area contributed by atoms with Crippen LogP contribution in [0.5, 0.6) is 0 Å². The van der Waals surface area contributed by atoms with Gasteiger partial charge in [-0.1, -0.05) is 17.7 Å². The minimum Gasteiger partial charge on any atom is -0.296 e. The highest BCUT2D eigenvalue weighted by Gasteiger charge is 2.19. The van der Waals surface area contributed by atoms with Gasteiger partial charge in [0.15, 0.2) is 11.6 Å². The topological polar surface area (TPSA) is 17.8 Å². The van der Waals surface area contributed by atoms with Crippen molar-refractivity contribution < 1.29 is 13.2 Å². The summed E-state index contributed by atoms with van der Waals surface area (Å²) in [6, 6.07) is 1.13. The van der Waals surface area contributed by atoms with Crippen LogP contribution in [0.25, 0.3) is 11.0 Å². The molecule has 2 nitrogen and oxygen atoms in total. The molecule has 16 heavy (non-hydrogen) atoms. The van der Waals surface area contributed by atoms with E-state index in [0.29, 0.717) is 0 Å². The van der Waals surface area contributed by atoms with E-state index in [1.54, 1.807) is 0 Å². The Morgan fingerprint density at radius 1 is 1.38 bits per heavy atom. The lowest BCUT2D eigenvalue weighted by molar-refractivity contribution is 0.492. The molecule has 1 aromatic carbocycles. The van der Waals surface area contributed by atoms with Crippen molar-refractivity contribution >= 4 is 22.6 Å².